The normalized spacial score (nSPS) is 46.0. The summed E-state index contributed by atoms with van der Waals surface area (Å²) < 4.78 is 17.2. The van der Waals surface area contributed by atoms with Crippen molar-refractivity contribution in [2.45, 2.75) is 38.8 Å². The zero-order valence-corrected chi connectivity index (χ0v) is 10.4. The van der Waals surface area contributed by atoms with Gasteiger partial charge in [-0.05, 0) is 12.8 Å². The highest BCUT2D eigenvalue weighted by atomic mass is 31.2. The van der Waals surface area contributed by atoms with Gasteiger partial charge in [0.1, 0.15) is 13.2 Å². The van der Waals surface area contributed by atoms with E-state index in [1.807, 2.05) is 0 Å². The van der Waals surface area contributed by atoms with E-state index in [1.165, 1.54) is 12.8 Å². The molecule has 3 heterocycles. The topological polar surface area (TPSA) is 24.9 Å². The van der Waals surface area contributed by atoms with E-state index in [9.17, 15) is 0 Å². The third-order valence-corrected chi connectivity index (χ3v) is 7.19. The van der Waals surface area contributed by atoms with Crippen molar-refractivity contribution in [2.75, 3.05) is 26.3 Å². The first-order valence-electron chi connectivity index (χ1n) is 6.04. The fourth-order valence-corrected chi connectivity index (χ4v) is 6.58. The maximum atomic E-state index is 6.06. The van der Waals surface area contributed by atoms with Gasteiger partial charge in [0.25, 0.3) is 0 Å². The van der Waals surface area contributed by atoms with Crippen LogP contribution >= 0.6 is 8.02 Å². The Kier molecular flexibility index (Phi) is 2.53. The summed E-state index contributed by atoms with van der Waals surface area (Å²) in [6, 6.07) is 1.19. The Morgan fingerprint density at radius 1 is 1.00 bits per heavy atom. The molecular formula is C10H20N2O2P+. The second-order valence-electron chi connectivity index (χ2n) is 4.53. The lowest BCUT2D eigenvalue weighted by molar-refractivity contribution is 0.268. The minimum Gasteiger partial charge on any atom is -0.170 e. The van der Waals surface area contributed by atoms with Crippen molar-refractivity contribution in [3.8, 4) is 0 Å². The quantitative estimate of drug-likeness (QED) is 0.678. The minimum atomic E-state index is -1.75. The van der Waals surface area contributed by atoms with Crippen LogP contribution in [0.1, 0.15) is 26.7 Å². The van der Waals surface area contributed by atoms with E-state index < -0.39 is 8.02 Å². The van der Waals surface area contributed by atoms with Gasteiger partial charge in [0.2, 0.25) is 0 Å². The summed E-state index contributed by atoms with van der Waals surface area (Å²) in [6.45, 7) is 8.51. The highest BCUT2D eigenvalue weighted by molar-refractivity contribution is 7.62. The molecule has 3 rings (SSSR count). The van der Waals surface area contributed by atoms with Crippen molar-refractivity contribution < 1.29 is 9.05 Å². The molecule has 0 aromatic heterocycles. The van der Waals surface area contributed by atoms with Crippen molar-refractivity contribution in [1.29, 1.82) is 0 Å². The van der Waals surface area contributed by atoms with Gasteiger partial charge < -0.3 is 0 Å². The van der Waals surface area contributed by atoms with Crippen LogP contribution in [-0.2, 0) is 9.05 Å². The minimum absolute atomic E-state index is 0.596. The van der Waals surface area contributed by atoms with Gasteiger partial charge in [-0.25, -0.2) is 0 Å². The molecule has 2 unspecified atom stereocenters. The molecule has 0 radical (unpaired) electrons. The second-order valence-corrected chi connectivity index (χ2v) is 7.06. The van der Waals surface area contributed by atoms with Crippen molar-refractivity contribution in [3.05, 3.63) is 0 Å². The van der Waals surface area contributed by atoms with Crippen LogP contribution in [0.15, 0.2) is 0 Å². The molecule has 3 fully saturated rings. The Bertz CT molecular complexity index is 238. The molecule has 15 heavy (non-hydrogen) atoms. The van der Waals surface area contributed by atoms with Gasteiger partial charge in [-0.15, -0.1) is 9.34 Å². The first-order valence-corrected chi connectivity index (χ1v) is 7.57. The molecule has 4 nitrogen and oxygen atoms in total. The highest BCUT2D eigenvalue weighted by Crippen LogP contribution is 2.77. The van der Waals surface area contributed by atoms with Crippen LogP contribution < -0.4 is 0 Å². The summed E-state index contributed by atoms with van der Waals surface area (Å²) in [4.78, 5) is 0. The molecule has 0 N–H and O–H groups in total. The van der Waals surface area contributed by atoms with E-state index in [-0.39, 0.29) is 0 Å². The molecule has 0 amide bonds. The molecule has 0 bridgehead atoms. The number of hydrogen-bond acceptors (Lipinski definition) is 4. The molecule has 2 atom stereocenters. The molecule has 3 aliphatic heterocycles. The van der Waals surface area contributed by atoms with Gasteiger partial charge >= 0.3 is 8.02 Å². The fourth-order valence-electron chi connectivity index (χ4n) is 2.91. The first-order chi connectivity index (χ1) is 7.31. The van der Waals surface area contributed by atoms with Crippen LogP contribution in [0.25, 0.3) is 0 Å². The van der Waals surface area contributed by atoms with E-state index in [0.717, 1.165) is 26.3 Å². The molecule has 0 aromatic carbocycles. The van der Waals surface area contributed by atoms with Gasteiger partial charge in [0, 0.05) is 0 Å². The average molecular weight is 231 g/mol. The zero-order chi connectivity index (χ0) is 10.5. The Hall–Kier alpha value is 0.270. The van der Waals surface area contributed by atoms with Crippen molar-refractivity contribution in [1.82, 2.24) is 9.34 Å². The molecule has 3 aliphatic rings. The van der Waals surface area contributed by atoms with E-state index in [4.69, 9.17) is 9.05 Å². The monoisotopic (exact) mass is 231 g/mol. The molecule has 1 spiro atoms. The number of nitrogens with zero attached hydrogens (tertiary/aromatic N) is 2. The third kappa shape index (κ3) is 1.26. The standard InChI is InChI=1S/C10H20N2O2P/c1-3-9-7-13-15-11(9)5-6-12(15)10(4-2)8-14-15/h9-10H,3-8H2,1-2H3/q+1. The SMILES string of the molecule is CCC1CO[P+]23OCC(CC)N2CCN13. The molecule has 3 saturated heterocycles. The average Bonchev–Trinajstić information content (AvgIpc) is 2.85. The van der Waals surface area contributed by atoms with E-state index >= 15 is 0 Å². The first kappa shape index (κ1) is 10.4. The predicted molar refractivity (Wildman–Crippen MR) is 60.4 cm³/mol. The van der Waals surface area contributed by atoms with Crippen LogP contribution in [0.2, 0.25) is 0 Å². The smallest absolute Gasteiger partial charge is 0.170 e. The highest BCUT2D eigenvalue weighted by Gasteiger charge is 2.72. The predicted octanol–water partition coefficient (Wildman–Crippen LogP) is 1.90. The lowest BCUT2D eigenvalue weighted by Crippen LogP contribution is -2.28. The van der Waals surface area contributed by atoms with Gasteiger partial charge in [-0.3, -0.25) is 0 Å². The van der Waals surface area contributed by atoms with Crippen molar-refractivity contribution in [2.24, 2.45) is 0 Å². The lowest BCUT2D eigenvalue weighted by Gasteiger charge is -2.20. The molecule has 86 valence electrons. The van der Waals surface area contributed by atoms with Crippen molar-refractivity contribution in [3.63, 3.8) is 0 Å². The van der Waals surface area contributed by atoms with E-state index in [1.54, 1.807) is 0 Å². The van der Waals surface area contributed by atoms with Crippen molar-refractivity contribution >= 4 is 8.02 Å². The third-order valence-electron chi connectivity index (χ3n) is 3.86. The summed E-state index contributed by atoms with van der Waals surface area (Å²) in [6.07, 6.45) is 2.35. The van der Waals surface area contributed by atoms with Crippen LogP contribution in [-0.4, -0.2) is 47.7 Å². The van der Waals surface area contributed by atoms with Gasteiger partial charge in [-0.1, -0.05) is 13.8 Å². The maximum Gasteiger partial charge on any atom is 0.437 e. The van der Waals surface area contributed by atoms with Gasteiger partial charge in [-0.2, -0.15) is 9.05 Å². The number of rotatable bonds is 2. The van der Waals surface area contributed by atoms with E-state index in [2.05, 4.69) is 23.2 Å². The Morgan fingerprint density at radius 3 is 1.87 bits per heavy atom. The summed E-state index contributed by atoms with van der Waals surface area (Å²) in [5, 5.41) is 0. The van der Waals surface area contributed by atoms with E-state index in [0.29, 0.717) is 12.1 Å². The summed E-state index contributed by atoms with van der Waals surface area (Å²) in [7, 11) is -1.75. The second kappa shape index (κ2) is 3.64. The molecule has 0 aromatic rings. The van der Waals surface area contributed by atoms with Gasteiger partial charge in [0.15, 0.2) is 0 Å². The molecule has 0 saturated carbocycles. The summed E-state index contributed by atoms with van der Waals surface area (Å²) in [5.41, 5.74) is 0. The lowest BCUT2D eigenvalue weighted by atomic mass is 10.2. The largest absolute Gasteiger partial charge is 0.437 e. The Balaban J connectivity index is 1.86. The summed E-state index contributed by atoms with van der Waals surface area (Å²) in [5.74, 6) is 0. The maximum absolute atomic E-state index is 6.06. The van der Waals surface area contributed by atoms with Crippen LogP contribution in [0.5, 0.6) is 0 Å². The summed E-state index contributed by atoms with van der Waals surface area (Å²) >= 11 is 0. The fraction of sp³-hybridized carbons (Fsp3) is 1.00. The Morgan fingerprint density at radius 2 is 1.47 bits per heavy atom. The Labute approximate surface area is 92.1 Å². The molecule has 0 aliphatic carbocycles. The van der Waals surface area contributed by atoms with Crippen LogP contribution in [0, 0.1) is 0 Å². The molecule has 5 heteroatoms. The molecular weight excluding hydrogens is 211 g/mol. The number of hydrogen-bond donors (Lipinski definition) is 0. The van der Waals surface area contributed by atoms with Crippen LogP contribution in [0.3, 0.4) is 0 Å². The van der Waals surface area contributed by atoms with Crippen LogP contribution in [0.4, 0.5) is 0 Å². The zero-order valence-electron chi connectivity index (χ0n) is 9.56. The van der Waals surface area contributed by atoms with Gasteiger partial charge in [0.05, 0.1) is 25.2 Å².